The van der Waals surface area contributed by atoms with Gasteiger partial charge in [-0.15, -0.1) is 0 Å². The molecule has 1 aromatic heterocycles. The molecule has 3 N–H and O–H groups in total. The fraction of sp³-hybridized carbons (Fsp3) is 0.235. The van der Waals surface area contributed by atoms with Crippen molar-refractivity contribution >= 4 is 34.8 Å². The minimum Gasteiger partial charge on any atom is -0.497 e. The maximum absolute atomic E-state index is 12.1. The molecule has 8 heteroatoms. The molecule has 1 unspecified atom stereocenters. The molecule has 2 rings (SSSR count). The zero-order valence-corrected chi connectivity index (χ0v) is 14.8. The van der Waals surface area contributed by atoms with Gasteiger partial charge in [0.25, 0.3) is 11.8 Å². The summed E-state index contributed by atoms with van der Waals surface area (Å²) in [4.78, 5) is 28.7. The number of anilines is 2. The van der Waals surface area contributed by atoms with Crippen molar-refractivity contribution in [1.29, 1.82) is 0 Å². The SMILES string of the molecule is COc1cccc(NC(=O)C[NH+](C)CC(=O)Nc2cccnc2Cl)c1. The van der Waals surface area contributed by atoms with Crippen LogP contribution >= 0.6 is 11.6 Å². The zero-order chi connectivity index (χ0) is 18.2. The second-order valence-corrected chi connectivity index (χ2v) is 5.84. The second-order valence-electron chi connectivity index (χ2n) is 5.48. The van der Waals surface area contributed by atoms with Crippen molar-refractivity contribution in [3.05, 3.63) is 47.7 Å². The summed E-state index contributed by atoms with van der Waals surface area (Å²) in [6.07, 6.45) is 1.54. The first-order chi connectivity index (χ1) is 12.0. The number of likely N-dealkylation sites (N-methyl/N-ethyl adjacent to an activating group) is 1. The lowest BCUT2D eigenvalue weighted by Crippen LogP contribution is -3.11. The van der Waals surface area contributed by atoms with Crippen LogP contribution in [0.15, 0.2) is 42.6 Å². The van der Waals surface area contributed by atoms with Gasteiger partial charge < -0.3 is 20.3 Å². The maximum Gasteiger partial charge on any atom is 0.279 e. The zero-order valence-electron chi connectivity index (χ0n) is 14.0. The summed E-state index contributed by atoms with van der Waals surface area (Å²) in [6.45, 7) is 0.266. The standard InChI is InChI=1S/C17H19ClN4O3/c1-22(11-16(24)21-14-7-4-8-19-17(14)18)10-15(23)20-12-5-3-6-13(9-12)25-2/h3-9H,10-11H2,1-2H3,(H,20,23)(H,21,24)/p+1. The number of carbonyl (C=O) groups is 2. The van der Waals surface area contributed by atoms with Gasteiger partial charge in [-0.2, -0.15) is 0 Å². The number of hydrogen-bond donors (Lipinski definition) is 3. The number of carbonyl (C=O) groups excluding carboxylic acids is 2. The predicted octanol–water partition coefficient (Wildman–Crippen LogP) is 0.835. The van der Waals surface area contributed by atoms with E-state index in [-0.39, 0.29) is 30.1 Å². The fourth-order valence-electron chi connectivity index (χ4n) is 2.19. The Balaban J connectivity index is 1.82. The highest BCUT2D eigenvalue weighted by Gasteiger charge is 2.15. The number of halogens is 1. The van der Waals surface area contributed by atoms with E-state index >= 15 is 0 Å². The number of nitrogens with one attached hydrogen (secondary N) is 3. The molecule has 2 aromatic rings. The Labute approximate surface area is 150 Å². The molecule has 2 amide bonds. The first kappa shape index (κ1) is 18.7. The molecule has 0 aliphatic heterocycles. The lowest BCUT2D eigenvalue weighted by Gasteiger charge is -2.14. The van der Waals surface area contributed by atoms with Crippen LogP contribution in [0.5, 0.6) is 5.75 Å². The van der Waals surface area contributed by atoms with E-state index in [1.165, 1.54) is 6.20 Å². The van der Waals surface area contributed by atoms with Crippen molar-refractivity contribution in [2.24, 2.45) is 0 Å². The quantitative estimate of drug-likeness (QED) is 0.636. The van der Waals surface area contributed by atoms with Gasteiger partial charge in [-0.25, -0.2) is 4.98 Å². The Bertz CT molecular complexity index is 754. The van der Waals surface area contributed by atoms with Gasteiger partial charge in [0.1, 0.15) is 5.75 Å². The summed E-state index contributed by atoms with van der Waals surface area (Å²) in [6, 6.07) is 10.4. The Morgan fingerprint density at radius 1 is 1.16 bits per heavy atom. The summed E-state index contributed by atoms with van der Waals surface area (Å²) < 4.78 is 5.11. The summed E-state index contributed by atoms with van der Waals surface area (Å²) in [5.74, 6) is 0.214. The molecule has 0 saturated carbocycles. The molecular formula is C17H20ClN4O3+. The minimum atomic E-state index is -0.249. The number of pyridine rings is 1. The average molecular weight is 364 g/mol. The number of methoxy groups -OCH3 is 1. The van der Waals surface area contributed by atoms with E-state index < -0.39 is 0 Å². The number of quaternary nitrogens is 1. The van der Waals surface area contributed by atoms with Gasteiger partial charge >= 0.3 is 0 Å². The lowest BCUT2D eigenvalue weighted by atomic mass is 10.3. The fourth-order valence-corrected chi connectivity index (χ4v) is 2.36. The van der Waals surface area contributed by atoms with Crippen LogP contribution < -0.4 is 20.3 Å². The Hall–Kier alpha value is -2.64. The highest BCUT2D eigenvalue weighted by Crippen LogP contribution is 2.17. The number of rotatable bonds is 7. The Kier molecular flexibility index (Phi) is 6.73. The van der Waals surface area contributed by atoms with Crippen LogP contribution in [-0.4, -0.2) is 44.0 Å². The maximum atomic E-state index is 12.1. The Morgan fingerprint density at radius 2 is 1.88 bits per heavy atom. The van der Waals surface area contributed by atoms with E-state index in [0.717, 1.165) is 4.90 Å². The summed E-state index contributed by atoms with van der Waals surface area (Å²) in [5, 5.41) is 5.68. The third kappa shape index (κ3) is 6.06. The largest absolute Gasteiger partial charge is 0.497 e. The topological polar surface area (TPSA) is 84.8 Å². The molecule has 0 fully saturated rings. The normalized spacial score (nSPS) is 11.5. The molecule has 0 radical (unpaired) electrons. The van der Waals surface area contributed by atoms with Crippen LogP contribution in [0.25, 0.3) is 0 Å². The van der Waals surface area contributed by atoms with Crippen molar-refractivity contribution in [2.45, 2.75) is 0 Å². The molecule has 132 valence electrons. The molecule has 0 saturated heterocycles. The van der Waals surface area contributed by atoms with Gasteiger partial charge in [0.05, 0.1) is 19.8 Å². The van der Waals surface area contributed by atoms with E-state index in [0.29, 0.717) is 17.1 Å². The number of benzene rings is 1. The molecule has 0 aliphatic carbocycles. The van der Waals surface area contributed by atoms with Crippen LogP contribution in [0.4, 0.5) is 11.4 Å². The number of aromatic nitrogens is 1. The van der Waals surface area contributed by atoms with E-state index in [1.54, 1.807) is 50.6 Å². The van der Waals surface area contributed by atoms with E-state index in [1.807, 2.05) is 0 Å². The molecule has 25 heavy (non-hydrogen) atoms. The van der Waals surface area contributed by atoms with E-state index in [9.17, 15) is 9.59 Å². The molecule has 7 nitrogen and oxygen atoms in total. The van der Waals surface area contributed by atoms with Crippen molar-refractivity contribution < 1.29 is 19.2 Å². The van der Waals surface area contributed by atoms with Crippen molar-refractivity contribution in [3.63, 3.8) is 0 Å². The molecular weight excluding hydrogens is 344 g/mol. The second kappa shape index (κ2) is 9.00. The minimum absolute atomic E-state index is 0.122. The first-order valence-corrected chi connectivity index (χ1v) is 8.01. The molecule has 0 spiro atoms. The first-order valence-electron chi connectivity index (χ1n) is 7.63. The van der Waals surface area contributed by atoms with Crippen molar-refractivity contribution in [3.8, 4) is 5.75 Å². The molecule has 0 bridgehead atoms. The molecule has 0 aliphatic rings. The smallest absolute Gasteiger partial charge is 0.279 e. The molecule has 1 atom stereocenters. The third-order valence-corrected chi connectivity index (χ3v) is 3.61. The van der Waals surface area contributed by atoms with Crippen molar-refractivity contribution in [2.75, 3.05) is 37.9 Å². The summed E-state index contributed by atoms with van der Waals surface area (Å²) in [7, 11) is 3.32. The van der Waals surface area contributed by atoms with Gasteiger partial charge in [0.15, 0.2) is 18.2 Å². The highest BCUT2D eigenvalue weighted by atomic mass is 35.5. The molecule has 1 heterocycles. The third-order valence-electron chi connectivity index (χ3n) is 3.31. The van der Waals surface area contributed by atoms with Crippen LogP contribution in [-0.2, 0) is 9.59 Å². The van der Waals surface area contributed by atoms with Gasteiger partial charge in [0.2, 0.25) is 0 Å². The van der Waals surface area contributed by atoms with Crippen molar-refractivity contribution in [1.82, 2.24) is 4.98 Å². The monoisotopic (exact) mass is 363 g/mol. The van der Waals surface area contributed by atoms with Crippen LogP contribution in [0, 0.1) is 0 Å². The number of hydrogen-bond acceptors (Lipinski definition) is 4. The number of ether oxygens (including phenoxy) is 1. The molecule has 1 aromatic carbocycles. The summed E-state index contributed by atoms with van der Waals surface area (Å²) >= 11 is 5.90. The van der Waals surface area contributed by atoms with E-state index in [4.69, 9.17) is 16.3 Å². The lowest BCUT2D eigenvalue weighted by molar-refractivity contribution is -0.862. The highest BCUT2D eigenvalue weighted by molar-refractivity contribution is 6.32. The average Bonchev–Trinajstić information content (AvgIpc) is 2.56. The van der Waals surface area contributed by atoms with Gasteiger partial charge in [-0.05, 0) is 24.3 Å². The van der Waals surface area contributed by atoms with Crippen LogP contribution in [0.3, 0.4) is 0 Å². The number of nitrogens with zero attached hydrogens (tertiary/aromatic N) is 1. The van der Waals surface area contributed by atoms with Gasteiger partial charge in [-0.1, -0.05) is 17.7 Å². The number of amides is 2. The Morgan fingerprint density at radius 3 is 2.56 bits per heavy atom. The van der Waals surface area contributed by atoms with Crippen LogP contribution in [0.2, 0.25) is 5.15 Å². The van der Waals surface area contributed by atoms with Gasteiger partial charge in [-0.3, -0.25) is 9.59 Å². The van der Waals surface area contributed by atoms with E-state index in [2.05, 4.69) is 15.6 Å². The summed E-state index contributed by atoms with van der Waals surface area (Å²) in [5.41, 5.74) is 1.09. The predicted molar refractivity (Wildman–Crippen MR) is 96.1 cm³/mol. The van der Waals surface area contributed by atoms with Crippen LogP contribution in [0.1, 0.15) is 0 Å². The van der Waals surface area contributed by atoms with Gasteiger partial charge in [0, 0.05) is 18.0 Å².